The van der Waals surface area contributed by atoms with Gasteiger partial charge in [0, 0.05) is 32.2 Å². The number of aryl methyl sites for hydroxylation is 1. The molecule has 102 valence electrons. The molecule has 2 nitrogen and oxygen atoms in total. The van der Waals surface area contributed by atoms with Gasteiger partial charge in [-0.3, -0.25) is 0 Å². The summed E-state index contributed by atoms with van der Waals surface area (Å²) in [6, 6.07) is 9.47. The topological polar surface area (TPSA) is 6.48 Å². The molecule has 0 atom stereocenters. The zero-order chi connectivity index (χ0) is 13.1. The average molecular weight is 256 g/mol. The summed E-state index contributed by atoms with van der Waals surface area (Å²) >= 11 is 0. The van der Waals surface area contributed by atoms with Gasteiger partial charge in [-0.05, 0) is 43.5 Å². The van der Waals surface area contributed by atoms with E-state index in [0.717, 1.165) is 12.5 Å². The Morgan fingerprint density at radius 1 is 1.11 bits per heavy atom. The van der Waals surface area contributed by atoms with Crippen LogP contribution in [0.4, 0.5) is 0 Å². The molecule has 0 spiro atoms. The first-order valence-electron chi connectivity index (χ1n) is 7.52. The predicted octanol–water partition coefficient (Wildman–Crippen LogP) is 2.83. The zero-order valence-corrected chi connectivity index (χ0v) is 11.9. The fourth-order valence-electron chi connectivity index (χ4n) is 3.26. The van der Waals surface area contributed by atoms with Crippen LogP contribution < -0.4 is 0 Å². The monoisotopic (exact) mass is 256 g/mol. The molecule has 4 rings (SSSR count). The third-order valence-corrected chi connectivity index (χ3v) is 4.60. The number of rotatable bonds is 3. The Morgan fingerprint density at radius 3 is 2.68 bits per heavy atom. The SMILES string of the molecule is Cc1ccccc1C/C=C/N1CCN2CCC1CC2. The van der Waals surface area contributed by atoms with Gasteiger partial charge in [0.05, 0.1) is 0 Å². The molecule has 0 radical (unpaired) electrons. The van der Waals surface area contributed by atoms with Gasteiger partial charge >= 0.3 is 0 Å². The van der Waals surface area contributed by atoms with Crippen molar-refractivity contribution in [3.8, 4) is 0 Å². The zero-order valence-electron chi connectivity index (χ0n) is 11.9. The van der Waals surface area contributed by atoms with E-state index in [1.807, 2.05) is 0 Å². The summed E-state index contributed by atoms with van der Waals surface area (Å²) in [6.07, 6.45) is 8.44. The van der Waals surface area contributed by atoms with Crippen molar-refractivity contribution in [3.05, 3.63) is 47.7 Å². The molecule has 3 heterocycles. The molecule has 0 N–H and O–H groups in total. The minimum absolute atomic E-state index is 0.784. The molecule has 19 heavy (non-hydrogen) atoms. The van der Waals surface area contributed by atoms with Crippen LogP contribution in [0.1, 0.15) is 24.0 Å². The quantitative estimate of drug-likeness (QED) is 0.820. The van der Waals surface area contributed by atoms with Gasteiger partial charge < -0.3 is 9.80 Å². The van der Waals surface area contributed by atoms with Gasteiger partial charge in [-0.2, -0.15) is 0 Å². The summed E-state index contributed by atoms with van der Waals surface area (Å²) in [5.74, 6) is 0. The van der Waals surface area contributed by atoms with E-state index < -0.39 is 0 Å². The first-order chi connectivity index (χ1) is 9.33. The maximum atomic E-state index is 2.60. The van der Waals surface area contributed by atoms with Crippen LogP contribution in [-0.2, 0) is 6.42 Å². The van der Waals surface area contributed by atoms with E-state index in [0.29, 0.717) is 0 Å². The number of allylic oxidation sites excluding steroid dienone is 1. The molecule has 3 fully saturated rings. The Morgan fingerprint density at radius 2 is 1.89 bits per heavy atom. The van der Waals surface area contributed by atoms with Crippen LogP contribution in [0.5, 0.6) is 0 Å². The standard InChI is InChI=1S/C17H24N2/c1-15-5-2-3-6-16(15)7-4-10-19-14-13-18-11-8-17(19)9-12-18/h2-6,10,17H,7-9,11-14H2,1H3/b10-4+. The average Bonchev–Trinajstić information content (AvgIpc) is 2.75. The van der Waals surface area contributed by atoms with Crippen LogP contribution in [0.25, 0.3) is 0 Å². The summed E-state index contributed by atoms with van der Waals surface area (Å²) in [5.41, 5.74) is 2.84. The van der Waals surface area contributed by atoms with Crippen molar-refractivity contribution in [2.45, 2.75) is 32.2 Å². The molecule has 0 saturated carbocycles. The van der Waals surface area contributed by atoms with Crippen LogP contribution in [0.2, 0.25) is 0 Å². The Balaban J connectivity index is 1.61. The molecule has 3 aliphatic rings. The van der Waals surface area contributed by atoms with E-state index in [-0.39, 0.29) is 0 Å². The normalized spacial score (nSPS) is 26.9. The Labute approximate surface area is 116 Å². The number of hydrogen-bond donors (Lipinski definition) is 0. The van der Waals surface area contributed by atoms with Gasteiger partial charge in [-0.15, -0.1) is 0 Å². The molecule has 0 amide bonds. The largest absolute Gasteiger partial charge is 0.373 e. The molecule has 0 aliphatic carbocycles. The van der Waals surface area contributed by atoms with E-state index in [4.69, 9.17) is 0 Å². The molecule has 0 unspecified atom stereocenters. The van der Waals surface area contributed by atoms with Gasteiger partial charge in [-0.1, -0.05) is 30.3 Å². The summed E-state index contributed by atoms with van der Waals surface area (Å²) in [6.45, 7) is 7.24. The van der Waals surface area contributed by atoms with Crippen molar-refractivity contribution in [1.29, 1.82) is 0 Å². The molecule has 1 aromatic carbocycles. The van der Waals surface area contributed by atoms with Crippen LogP contribution in [0.15, 0.2) is 36.5 Å². The van der Waals surface area contributed by atoms with Gasteiger partial charge in [0.1, 0.15) is 0 Å². The minimum Gasteiger partial charge on any atom is -0.373 e. The summed E-state index contributed by atoms with van der Waals surface area (Å²) in [4.78, 5) is 5.18. The lowest BCUT2D eigenvalue weighted by Gasteiger charge is -2.30. The maximum Gasteiger partial charge on any atom is 0.0309 e. The van der Waals surface area contributed by atoms with E-state index in [1.165, 1.54) is 50.1 Å². The van der Waals surface area contributed by atoms with E-state index >= 15 is 0 Å². The third kappa shape index (κ3) is 3.01. The second-order valence-electron chi connectivity index (χ2n) is 5.83. The lowest BCUT2D eigenvalue weighted by atomic mass is 10.0. The number of piperidine rings is 1. The van der Waals surface area contributed by atoms with Crippen LogP contribution >= 0.6 is 0 Å². The van der Waals surface area contributed by atoms with Crippen LogP contribution in [-0.4, -0.2) is 42.0 Å². The third-order valence-electron chi connectivity index (χ3n) is 4.60. The highest BCUT2D eigenvalue weighted by Crippen LogP contribution is 2.21. The second-order valence-corrected chi connectivity index (χ2v) is 5.83. The number of benzene rings is 1. The van der Waals surface area contributed by atoms with Crippen molar-refractivity contribution in [2.24, 2.45) is 0 Å². The summed E-state index contributed by atoms with van der Waals surface area (Å²) < 4.78 is 0. The van der Waals surface area contributed by atoms with Gasteiger partial charge in [0.15, 0.2) is 0 Å². The van der Waals surface area contributed by atoms with E-state index in [1.54, 1.807) is 0 Å². The molecule has 2 bridgehead atoms. The molecular weight excluding hydrogens is 232 g/mol. The first-order valence-corrected chi connectivity index (χ1v) is 7.52. The Kier molecular flexibility index (Phi) is 3.88. The predicted molar refractivity (Wildman–Crippen MR) is 80.2 cm³/mol. The highest BCUT2D eigenvalue weighted by atomic mass is 15.3. The molecule has 0 aromatic heterocycles. The molecule has 1 aromatic rings. The molecule has 3 aliphatic heterocycles. The molecular formula is C17H24N2. The van der Waals surface area contributed by atoms with Gasteiger partial charge in [0.2, 0.25) is 0 Å². The maximum absolute atomic E-state index is 2.60. The van der Waals surface area contributed by atoms with Crippen molar-refractivity contribution < 1.29 is 0 Å². The highest BCUT2D eigenvalue weighted by molar-refractivity contribution is 5.27. The van der Waals surface area contributed by atoms with E-state index in [2.05, 4.69) is 53.3 Å². The van der Waals surface area contributed by atoms with Gasteiger partial charge in [-0.25, -0.2) is 0 Å². The Hall–Kier alpha value is -1.28. The fraction of sp³-hybridized carbons (Fsp3) is 0.529. The lowest BCUT2D eigenvalue weighted by Crippen LogP contribution is -2.35. The summed E-state index contributed by atoms with van der Waals surface area (Å²) in [7, 11) is 0. The van der Waals surface area contributed by atoms with Gasteiger partial charge in [0.25, 0.3) is 0 Å². The van der Waals surface area contributed by atoms with Crippen LogP contribution in [0.3, 0.4) is 0 Å². The highest BCUT2D eigenvalue weighted by Gasteiger charge is 2.26. The second kappa shape index (κ2) is 5.79. The summed E-state index contributed by atoms with van der Waals surface area (Å²) in [5, 5.41) is 0. The number of nitrogens with zero attached hydrogens (tertiary/aromatic N) is 2. The number of hydrogen-bond acceptors (Lipinski definition) is 2. The lowest BCUT2D eigenvalue weighted by molar-refractivity contribution is 0.221. The van der Waals surface area contributed by atoms with Crippen molar-refractivity contribution >= 4 is 0 Å². The first kappa shape index (κ1) is 12.7. The van der Waals surface area contributed by atoms with Crippen LogP contribution in [0, 0.1) is 6.92 Å². The number of fused-ring (bicyclic) bond motifs is 4. The molecule has 2 heteroatoms. The van der Waals surface area contributed by atoms with Crippen molar-refractivity contribution in [2.75, 3.05) is 26.2 Å². The smallest absolute Gasteiger partial charge is 0.0309 e. The fourth-order valence-corrected chi connectivity index (χ4v) is 3.26. The Bertz CT molecular complexity index is 444. The molecule has 3 saturated heterocycles. The van der Waals surface area contributed by atoms with Crippen molar-refractivity contribution in [1.82, 2.24) is 9.80 Å². The van der Waals surface area contributed by atoms with E-state index in [9.17, 15) is 0 Å². The van der Waals surface area contributed by atoms with Crippen molar-refractivity contribution in [3.63, 3.8) is 0 Å². The minimum atomic E-state index is 0.784.